The molecule has 0 heterocycles. The van der Waals surface area contributed by atoms with E-state index in [-0.39, 0.29) is 6.61 Å². The molecule has 3 heteroatoms. The van der Waals surface area contributed by atoms with E-state index in [0.29, 0.717) is 12.0 Å². The lowest BCUT2D eigenvalue weighted by Crippen LogP contribution is -2.33. The van der Waals surface area contributed by atoms with Gasteiger partial charge in [-0.15, -0.1) is 0 Å². The second-order valence-corrected chi connectivity index (χ2v) is 5.85. The molecular weight excluding hydrogens is 270 g/mol. The van der Waals surface area contributed by atoms with E-state index in [1.54, 1.807) is 0 Å². The molecule has 0 saturated heterocycles. The first-order chi connectivity index (χ1) is 9.74. The molecule has 2 aromatic carbocycles. The van der Waals surface area contributed by atoms with Gasteiger partial charge in [0.05, 0.1) is 6.61 Å². The van der Waals surface area contributed by atoms with E-state index in [2.05, 4.69) is 17.4 Å². The Bertz CT molecular complexity index is 559. The predicted molar refractivity (Wildman–Crippen MR) is 83.2 cm³/mol. The number of aliphatic hydroxyl groups excluding tert-OH is 1. The molecule has 0 atom stereocenters. The molecule has 0 aliphatic heterocycles. The topological polar surface area (TPSA) is 32.3 Å². The van der Waals surface area contributed by atoms with Crippen molar-refractivity contribution in [3.05, 3.63) is 64.7 Å². The van der Waals surface area contributed by atoms with Gasteiger partial charge in [-0.1, -0.05) is 35.9 Å². The lowest BCUT2D eigenvalue weighted by molar-refractivity contribution is 0.282. The molecule has 2 nitrogen and oxygen atoms in total. The maximum Gasteiger partial charge on any atom is 0.0681 e. The summed E-state index contributed by atoms with van der Waals surface area (Å²) >= 11 is 5.91. The molecule has 0 aromatic heterocycles. The maximum atomic E-state index is 9.02. The van der Waals surface area contributed by atoms with E-state index < -0.39 is 0 Å². The van der Waals surface area contributed by atoms with Crippen LogP contribution in [0.15, 0.2) is 48.5 Å². The Morgan fingerprint density at radius 2 is 1.65 bits per heavy atom. The molecule has 1 aliphatic carbocycles. The highest BCUT2D eigenvalue weighted by molar-refractivity contribution is 6.30. The van der Waals surface area contributed by atoms with Crippen molar-refractivity contribution in [1.82, 2.24) is 0 Å². The number of hydrogen-bond acceptors (Lipinski definition) is 2. The quantitative estimate of drug-likeness (QED) is 0.884. The maximum absolute atomic E-state index is 9.02. The number of halogens is 1. The molecule has 3 rings (SSSR count). The van der Waals surface area contributed by atoms with Crippen LogP contribution in [0.5, 0.6) is 0 Å². The van der Waals surface area contributed by atoms with Crippen LogP contribution < -0.4 is 5.32 Å². The summed E-state index contributed by atoms with van der Waals surface area (Å²) in [6.45, 7) is 0.0996. The minimum atomic E-state index is 0.0996. The molecule has 20 heavy (non-hydrogen) atoms. The molecule has 1 fully saturated rings. The summed E-state index contributed by atoms with van der Waals surface area (Å²) in [4.78, 5) is 0. The van der Waals surface area contributed by atoms with Crippen LogP contribution in [0.25, 0.3) is 0 Å². The van der Waals surface area contributed by atoms with Gasteiger partial charge in [-0.25, -0.2) is 0 Å². The van der Waals surface area contributed by atoms with Crippen LogP contribution in [-0.4, -0.2) is 11.1 Å². The molecule has 0 bridgehead atoms. The number of anilines is 1. The second kappa shape index (κ2) is 5.86. The smallest absolute Gasteiger partial charge is 0.0681 e. The van der Waals surface area contributed by atoms with E-state index in [1.807, 2.05) is 36.4 Å². The van der Waals surface area contributed by atoms with Crippen LogP contribution in [0.4, 0.5) is 5.69 Å². The van der Waals surface area contributed by atoms with Crippen molar-refractivity contribution in [3.8, 4) is 0 Å². The highest BCUT2D eigenvalue weighted by Gasteiger charge is 2.29. The minimum Gasteiger partial charge on any atom is -0.392 e. The summed E-state index contributed by atoms with van der Waals surface area (Å²) < 4.78 is 0. The standard InChI is InChI=1S/C17H18ClNO/c18-15-5-3-13(4-6-15)14-9-17(10-14)19-16-7-1-12(11-20)2-8-16/h1-8,14,17,19-20H,9-11H2. The number of nitrogens with one attached hydrogen (secondary N) is 1. The lowest BCUT2D eigenvalue weighted by Gasteiger charge is -2.37. The Kier molecular flexibility index (Phi) is 3.95. The fourth-order valence-corrected chi connectivity index (χ4v) is 2.81. The van der Waals surface area contributed by atoms with Gasteiger partial charge in [0, 0.05) is 16.8 Å². The molecule has 2 aromatic rings. The molecule has 1 aliphatic rings. The molecule has 2 N–H and O–H groups in total. The summed E-state index contributed by atoms with van der Waals surface area (Å²) in [6, 6.07) is 16.7. The Morgan fingerprint density at radius 3 is 2.25 bits per heavy atom. The third-order valence-corrected chi connectivity index (χ3v) is 4.24. The molecule has 0 unspecified atom stereocenters. The summed E-state index contributed by atoms with van der Waals surface area (Å²) in [5.74, 6) is 0.640. The second-order valence-electron chi connectivity index (χ2n) is 5.42. The van der Waals surface area contributed by atoms with Crippen molar-refractivity contribution >= 4 is 17.3 Å². The van der Waals surface area contributed by atoms with Gasteiger partial charge in [0.25, 0.3) is 0 Å². The van der Waals surface area contributed by atoms with Crippen LogP contribution in [-0.2, 0) is 6.61 Å². The van der Waals surface area contributed by atoms with Crippen LogP contribution in [0.2, 0.25) is 5.02 Å². The first-order valence-corrected chi connectivity index (χ1v) is 7.34. The van der Waals surface area contributed by atoms with Gasteiger partial charge in [0.2, 0.25) is 0 Å². The largest absolute Gasteiger partial charge is 0.392 e. The average molecular weight is 288 g/mol. The monoisotopic (exact) mass is 287 g/mol. The van der Waals surface area contributed by atoms with Crippen molar-refractivity contribution in [2.45, 2.75) is 31.4 Å². The van der Waals surface area contributed by atoms with Crippen LogP contribution in [0, 0.1) is 0 Å². The van der Waals surface area contributed by atoms with Gasteiger partial charge in [-0.3, -0.25) is 0 Å². The van der Waals surface area contributed by atoms with Crippen molar-refractivity contribution in [1.29, 1.82) is 0 Å². The Hall–Kier alpha value is -1.51. The van der Waals surface area contributed by atoms with Crippen LogP contribution >= 0.6 is 11.6 Å². The van der Waals surface area contributed by atoms with E-state index in [4.69, 9.17) is 16.7 Å². The predicted octanol–water partition coefficient (Wildman–Crippen LogP) is 4.19. The number of benzene rings is 2. The number of rotatable bonds is 4. The zero-order valence-electron chi connectivity index (χ0n) is 11.2. The Labute approximate surface area is 124 Å². The fourth-order valence-electron chi connectivity index (χ4n) is 2.68. The van der Waals surface area contributed by atoms with Crippen LogP contribution in [0.3, 0.4) is 0 Å². The molecule has 0 radical (unpaired) electrons. The van der Waals surface area contributed by atoms with Crippen molar-refractivity contribution in [2.24, 2.45) is 0 Å². The summed E-state index contributed by atoms with van der Waals surface area (Å²) in [7, 11) is 0. The lowest BCUT2D eigenvalue weighted by atomic mass is 9.76. The minimum absolute atomic E-state index is 0.0996. The number of aliphatic hydroxyl groups is 1. The first kappa shape index (κ1) is 13.5. The van der Waals surface area contributed by atoms with E-state index >= 15 is 0 Å². The zero-order valence-corrected chi connectivity index (χ0v) is 12.0. The highest BCUT2D eigenvalue weighted by Crippen LogP contribution is 2.38. The summed E-state index contributed by atoms with van der Waals surface area (Å²) in [5.41, 5.74) is 3.45. The van der Waals surface area contributed by atoms with Gasteiger partial charge < -0.3 is 10.4 Å². The first-order valence-electron chi connectivity index (χ1n) is 6.96. The van der Waals surface area contributed by atoms with Crippen molar-refractivity contribution in [3.63, 3.8) is 0 Å². The Morgan fingerprint density at radius 1 is 1.00 bits per heavy atom. The molecule has 0 amide bonds. The van der Waals surface area contributed by atoms with Gasteiger partial charge in [0.1, 0.15) is 0 Å². The van der Waals surface area contributed by atoms with Gasteiger partial charge >= 0.3 is 0 Å². The van der Waals surface area contributed by atoms with Crippen molar-refractivity contribution < 1.29 is 5.11 Å². The number of hydrogen-bond donors (Lipinski definition) is 2. The summed E-state index contributed by atoms with van der Waals surface area (Å²) in [6.07, 6.45) is 2.31. The molecule has 1 saturated carbocycles. The zero-order chi connectivity index (χ0) is 13.9. The summed E-state index contributed by atoms with van der Waals surface area (Å²) in [5, 5.41) is 13.3. The van der Waals surface area contributed by atoms with E-state index in [1.165, 1.54) is 5.56 Å². The van der Waals surface area contributed by atoms with Gasteiger partial charge in [-0.2, -0.15) is 0 Å². The fraction of sp³-hybridized carbons (Fsp3) is 0.294. The molecular formula is C17H18ClNO. The highest BCUT2D eigenvalue weighted by atomic mass is 35.5. The van der Waals surface area contributed by atoms with Crippen molar-refractivity contribution in [2.75, 3.05) is 5.32 Å². The van der Waals surface area contributed by atoms with Crippen LogP contribution in [0.1, 0.15) is 29.9 Å². The SMILES string of the molecule is OCc1ccc(NC2CC(c3ccc(Cl)cc3)C2)cc1. The van der Waals surface area contributed by atoms with Gasteiger partial charge in [0.15, 0.2) is 0 Å². The molecule has 0 spiro atoms. The Balaban J connectivity index is 1.53. The third kappa shape index (κ3) is 2.97. The van der Waals surface area contributed by atoms with E-state index in [0.717, 1.165) is 29.1 Å². The third-order valence-electron chi connectivity index (χ3n) is 3.99. The average Bonchev–Trinajstić information content (AvgIpc) is 2.44. The van der Waals surface area contributed by atoms with Gasteiger partial charge in [-0.05, 0) is 54.2 Å². The normalized spacial score (nSPS) is 21.3. The van der Waals surface area contributed by atoms with E-state index in [9.17, 15) is 0 Å². The molecule has 104 valence electrons.